The zero-order chi connectivity index (χ0) is 6.57. The van der Waals surface area contributed by atoms with Crippen LogP contribution in [0.3, 0.4) is 0 Å². The summed E-state index contributed by atoms with van der Waals surface area (Å²) in [6, 6.07) is 0. The second kappa shape index (κ2) is 3.18. The highest BCUT2D eigenvalue weighted by atomic mass is 16.1. The molecule has 46 valence electrons. The van der Waals surface area contributed by atoms with Crippen LogP contribution >= 0.6 is 0 Å². The average molecular weight is 114 g/mol. The fraction of sp³-hybridized carbons (Fsp3) is 0.600. The van der Waals surface area contributed by atoms with E-state index in [2.05, 4.69) is 4.99 Å². The van der Waals surface area contributed by atoms with Crippen molar-refractivity contribution in [2.75, 3.05) is 7.05 Å². The van der Waals surface area contributed by atoms with Crippen LogP contribution in [0.5, 0.6) is 0 Å². The molecule has 0 aliphatic heterocycles. The molecular weight excluding hydrogens is 104 g/mol. The number of amidine groups is 1. The lowest BCUT2D eigenvalue weighted by atomic mass is 10.3. The van der Waals surface area contributed by atoms with E-state index in [9.17, 15) is 4.79 Å². The van der Waals surface area contributed by atoms with Crippen molar-refractivity contribution in [2.24, 2.45) is 10.7 Å². The minimum absolute atomic E-state index is 0.0492. The number of hydrogen-bond acceptors (Lipinski definition) is 2. The predicted molar refractivity (Wildman–Crippen MR) is 32.8 cm³/mol. The van der Waals surface area contributed by atoms with Crippen molar-refractivity contribution in [3.05, 3.63) is 0 Å². The van der Waals surface area contributed by atoms with Crippen molar-refractivity contribution in [3.8, 4) is 0 Å². The SMILES string of the molecule is CN=C(N)CC(C)=O. The van der Waals surface area contributed by atoms with Crippen LogP contribution in [-0.2, 0) is 4.79 Å². The molecule has 0 unspecified atom stereocenters. The summed E-state index contributed by atoms with van der Waals surface area (Å²) >= 11 is 0. The number of Topliss-reactive ketones (excluding diaryl/α,β-unsaturated/α-hetero) is 1. The summed E-state index contributed by atoms with van der Waals surface area (Å²) in [5.74, 6) is 0.450. The maximum absolute atomic E-state index is 10.3. The normalized spacial score (nSPS) is 11.5. The topological polar surface area (TPSA) is 55.4 Å². The third kappa shape index (κ3) is 3.33. The summed E-state index contributed by atoms with van der Waals surface area (Å²) in [5.41, 5.74) is 5.20. The van der Waals surface area contributed by atoms with Gasteiger partial charge in [0.15, 0.2) is 0 Å². The molecule has 3 nitrogen and oxygen atoms in total. The van der Waals surface area contributed by atoms with Gasteiger partial charge in [-0.25, -0.2) is 0 Å². The van der Waals surface area contributed by atoms with E-state index in [0.717, 1.165) is 0 Å². The number of hydrogen-bond donors (Lipinski definition) is 1. The molecule has 2 N–H and O–H groups in total. The molecule has 0 aliphatic carbocycles. The second-order valence-corrected chi connectivity index (χ2v) is 1.59. The molecule has 8 heavy (non-hydrogen) atoms. The molecule has 0 aromatic rings. The highest BCUT2D eigenvalue weighted by Crippen LogP contribution is 1.79. The Labute approximate surface area is 48.6 Å². The number of rotatable bonds is 2. The Morgan fingerprint density at radius 2 is 2.25 bits per heavy atom. The van der Waals surface area contributed by atoms with Crippen LogP contribution in [0.25, 0.3) is 0 Å². The highest BCUT2D eigenvalue weighted by molar-refractivity contribution is 5.98. The Morgan fingerprint density at radius 3 is 2.38 bits per heavy atom. The Hall–Kier alpha value is -0.860. The number of carbonyl (C=O) groups is 1. The van der Waals surface area contributed by atoms with Crippen molar-refractivity contribution in [3.63, 3.8) is 0 Å². The Kier molecular flexibility index (Phi) is 2.84. The average Bonchev–Trinajstić information content (AvgIpc) is 1.65. The molecule has 0 amide bonds. The molecule has 0 bridgehead atoms. The van der Waals surface area contributed by atoms with Gasteiger partial charge in [0.05, 0.1) is 6.42 Å². The van der Waals surface area contributed by atoms with Crippen LogP contribution in [0.2, 0.25) is 0 Å². The van der Waals surface area contributed by atoms with Crippen LogP contribution in [0.1, 0.15) is 13.3 Å². The van der Waals surface area contributed by atoms with Crippen LogP contribution < -0.4 is 5.73 Å². The maximum Gasteiger partial charge on any atom is 0.137 e. The van der Waals surface area contributed by atoms with E-state index in [4.69, 9.17) is 5.73 Å². The fourth-order valence-electron chi connectivity index (χ4n) is 0.334. The third-order valence-corrected chi connectivity index (χ3v) is 0.717. The van der Waals surface area contributed by atoms with Crippen molar-refractivity contribution in [2.45, 2.75) is 13.3 Å². The summed E-state index contributed by atoms with van der Waals surface area (Å²) in [5, 5.41) is 0. The van der Waals surface area contributed by atoms with E-state index in [-0.39, 0.29) is 12.2 Å². The van der Waals surface area contributed by atoms with Gasteiger partial charge < -0.3 is 5.73 Å². The minimum Gasteiger partial charge on any atom is -0.387 e. The molecule has 0 spiro atoms. The van der Waals surface area contributed by atoms with Crippen molar-refractivity contribution in [1.82, 2.24) is 0 Å². The van der Waals surface area contributed by atoms with Gasteiger partial charge in [-0.1, -0.05) is 0 Å². The molecule has 0 aromatic carbocycles. The first-order chi connectivity index (χ1) is 3.66. The molecule has 3 heteroatoms. The molecule has 0 radical (unpaired) electrons. The van der Waals surface area contributed by atoms with Crippen LogP contribution in [0.15, 0.2) is 4.99 Å². The van der Waals surface area contributed by atoms with Crippen LogP contribution in [0.4, 0.5) is 0 Å². The first-order valence-corrected chi connectivity index (χ1v) is 2.37. The number of aliphatic imine (C=N–C) groups is 1. The molecule has 0 aliphatic rings. The number of nitrogens with zero attached hydrogens (tertiary/aromatic N) is 1. The summed E-state index contributed by atoms with van der Waals surface area (Å²) in [6.45, 7) is 1.48. The van der Waals surface area contributed by atoms with Gasteiger partial charge in [0.2, 0.25) is 0 Å². The molecule has 0 saturated heterocycles. The Balaban J connectivity index is 3.56. The molecule has 0 rings (SSSR count). The fourth-order valence-corrected chi connectivity index (χ4v) is 0.334. The van der Waals surface area contributed by atoms with E-state index in [1.807, 2.05) is 0 Å². The Morgan fingerprint density at radius 1 is 1.75 bits per heavy atom. The van der Waals surface area contributed by atoms with Gasteiger partial charge in [0, 0.05) is 7.05 Å². The molecule has 0 atom stereocenters. The molecular formula is C5H10N2O. The van der Waals surface area contributed by atoms with E-state index in [1.165, 1.54) is 6.92 Å². The maximum atomic E-state index is 10.3. The highest BCUT2D eigenvalue weighted by Gasteiger charge is 1.93. The minimum atomic E-state index is 0.0492. The van der Waals surface area contributed by atoms with Gasteiger partial charge in [-0.05, 0) is 6.92 Å². The summed E-state index contributed by atoms with van der Waals surface area (Å²) in [6.07, 6.45) is 0.274. The monoisotopic (exact) mass is 114 g/mol. The van der Waals surface area contributed by atoms with Gasteiger partial charge in [0.25, 0.3) is 0 Å². The lowest BCUT2D eigenvalue weighted by Gasteiger charge is -1.90. The van der Waals surface area contributed by atoms with E-state index < -0.39 is 0 Å². The standard InChI is InChI=1S/C5H10N2O/c1-4(8)3-5(6)7-2/h3H2,1-2H3,(H2,6,7). The number of ketones is 1. The summed E-state index contributed by atoms with van der Waals surface area (Å²) in [7, 11) is 1.57. The smallest absolute Gasteiger partial charge is 0.137 e. The van der Waals surface area contributed by atoms with Gasteiger partial charge in [0.1, 0.15) is 11.6 Å². The summed E-state index contributed by atoms with van der Waals surface area (Å²) < 4.78 is 0. The Bertz CT molecular complexity index is 118. The predicted octanol–water partition coefficient (Wildman–Crippen LogP) is -0.0475. The number of nitrogens with two attached hydrogens (primary N) is 1. The molecule has 0 saturated carbocycles. The first-order valence-electron chi connectivity index (χ1n) is 2.37. The van der Waals surface area contributed by atoms with Crippen molar-refractivity contribution < 1.29 is 4.79 Å². The van der Waals surface area contributed by atoms with Gasteiger partial charge in [-0.3, -0.25) is 9.79 Å². The second-order valence-electron chi connectivity index (χ2n) is 1.59. The zero-order valence-electron chi connectivity index (χ0n) is 5.14. The van der Waals surface area contributed by atoms with Gasteiger partial charge in [-0.15, -0.1) is 0 Å². The summed E-state index contributed by atoms with van der Waals surface area (Å²) in [4.78, 5) is 13.9. The first kappa shape index (κ1) is 7.14. The molecule has 0 aromatic heterocycles. The third-order valence-electron chi connectivity index (χ3n) is 0.717. The van der Waals surface area contributed by atoms with Crippen molar-refractivity contribution in [1.29, 1.82) is 0 Å². The quantitative estimate of drug-likeness (QED) is 0.404. The van der Waals surface area contributed by atoms with Crippen LogP contribution in [-0.4, -0.2) is 18.7 Å². The zero-order valence-corrected chi connectivity index (χ0v) is 5.14. The van der Waals surface area contributed by atoms with E-state index >= 15 is 0 Å². The largest absolute Gasteiger partial charge is 0.387 e. The molecule has 0 fully saturated rings. The van der Waals surface area contributed by atoms with Gasteiger partial charge >= 0.3 is 0 Å². The van der Waals surface area contributed by atoms with Crippen LogP contribution in [0, 0.1) is 0 Å². The number of carbonyl (C=O) groups excluding carboxylic acids is 1. The van der Waals surface area contributed by atoms with Crippen molar-refractivity contribution >= 4 is 11.6 Å². The van der Waals surface area contributed by atoms with Gasteiger partial charge in [-0.2, -0.15) is 0 Å². The lowest BCUT2D eigenvalue weighted by Crippen LogP contribution is -2.14. The van der Waals surface area contributed by atoms with E-state index in [0.29, 0.717) is 5.84 Å². The van der Waals surface area contributed by atoms with E-state index in [1.54, 1.807) is 7.05 Å². The molecule has 0 heterocycles. The lowest BCUT2D eigenvalue weighted by molar-refractivity contribution is -0.115.